The predicted octanol–water partition coefficient (Wildman–Crippen LogP) is 3.29. The molecule has 1 aliphatic rings. The fourth-order valence-electron chi connectivity index (χ4n) is 2.32. The molecule has 0 atom stereocenters. The second kappa shape index (κ2) is 8.55. The molecule has 2 N–H and O–H groups in total. The Kier molecular flexibility index (Phi) is 5.70. The summed E-state index contributed by atoms with van der Waals surface area (Å²) in [6.07, 6.45) is 3.32. The van der Waals surface area contributed by atoms with Gasteiger partial charge in [0.05, 0.1) is 0 Å². The summed E-state index contributed by atoms with van der Waals surface area (Å²) in [4.78, 5) is 16.8. The summed E-state index contributed by atoms with van der Waals surface area (Å²) in [5.41, 5.74) is 0.998. The zero-order chi connectivity index (χ0) is 19.3. The number of nitrogens with zero attached hydrogens (tertiary/aromatic N) is 4. The molecular formula is C17H13ClN6O2S2. The highest BCUT2D eigenvalue weighted by atomic mass is 35.5. The highest BCUT2D eigenvalue weighted by molar-refractivity contribution is 7.99. The van der Waals surface area contributed by atoms with Crippen molar-refractivity contribution >= 4 is 46.6 Å². The number of hydrogen-bond acceptors (Lipinski definition) is 8. The maximum Gasteiger partial charge on any atom is 0.231 e. The minimum absolute atomic E-state index is 0.243. The molecule has 3 aromatic rings. The first-order chi connectivity index (χ1) is 13.7. The third-order valence-corrected chi connectivity index (χ3v) is 4.78. The van der Waals surface area contributed by atoms with Crippen molar-refractivity contribution in [2.75, 3.05) is 12.1 Å². The van der Waals surface area contributed by atoms with Gasteiger partial charge in [0.25, 0.3) is 0 Å². The average molecular weight is 433 g/mol. The standard InChI is InChI=1S/C17H13ClN6O2S2/c18-13-7-14(28-17-19-4-1-5-20-17)23-15(22-13)24-16(27)21-8-10-2-3-11-12(6-10)26-9-25-11/h1-7H,8-9H2,(H2,21,22,23,24,27). The van der Waals surface area contributed by atoms with Crippen molar-refractivity contribution in [3.05, 3.63) is 53.4 Å². The third kappa shape index (κ3) is 4.77. The van der Waals surface area contributed by atoms with E-state index < -0.39 is 0 Å². The third-order valence-electron chi connectivity index (χ3n) is 3.52. The first-order valence-electron chi connectivity index (χ1n) is 8.08. The molecule has 0 bridgehead atoms. The quantitative estimate of drug-likeness (QED) is 0.355. The van der Waals surface area contributed by atoms with Crippen molar-refractivity contribution < 1.29 is 9.47 Å². The second-order valence-corrected chi connectivity index (χ2v) is 7.26. The fraction of sp³-hybridized carbons (Fsp3) is 0.118. The monoisotopic (exact) mass is 432 g/mol. The molecule has 28 heavy (non-hydrogen) atoms. The number of anilines is 1. The molecule has 0 radical (unpaired) electrons. The SMILES string of the molecule is S=C(NCc1ccc2c(c1)OCO2)Nc1nc(Cl)cc(Sc2ncccn2)n1. The van der Waals surface area contributed by atoms with Crippen molar-refractivity contribution in [3.63, 3.8) is 0 Å². The van der Waals surface area contributed by atoms with E-state index in [4.69, 9.17) is 33.3 Å². The number of aromatic nitrogens is 4. The van der Waals surface area contributed by atoms with E-state index in [1.54, 1.807) is 24.5 Å². The van der Waals surface area contributed by atoms with Crippen molar-refractivity contribution in [2.45, 2.75) is 16.7 Å². The number of nitrogens with one attached hydrogen (secondary N) is 2. The molecule has 1 aliphatic heterocycles. The number of thiocarbonyl (C=S) groups is 1. The number of halogens is 1. The van der Waals surface area contributed by atoms with Crippen LogP contribution < -0.4 is 20.1 Å². The van der Waals surface area contributed by atoms with Gasteiger partial charge in [-0.3, -0.25) is 0 Å². The number of hydrogen-bond donors (Lipinski definition) is 2. The Labute approximate surface area is 175 Å². The van der Waals surface area contributed by atoms with Crippen molar-refractivity contribution in [2.24, 2.45) is 0 Å². The molecule has 0 fully saturated rings. The van der Waals surface area contributed by atoms with Crippen molar-refractivity contribution in [1.29, 1.82) is 0 Å². The van der Waals surface area contributed by atoms with Crippen LogP contribution in [0.15, 0.2) is 52.9 Å². The molecule has 8 nitrogen and oxygen atoms in total. The van der Waals surface area contributed by atoms with E-state index in [0.717, 1.165) is 17.1 Å². The molecule has 0 saturated heterocycles. The van der Waals surface area contributed by atoms with E-state index in [-0.39, 0.29) is 17.9 Å². The van der Waals surface area contributed by atoms with Crippen LogP contribution in [0, 0.1) is 0 Å². The maximum atomic E-state index is 6.09. The number of fused-ring (bicyclic) bond motifs is 1. The van der Waals surface area contributed by atoms with Crippen LogP contribution in [0.1, 0.15) is 5.56 Å². The van der Waals surface area contributed by atoms with E-state index in [2.05, 4.69) is 30.6 Å². The zero-order valence-corrected chi connectivity index (χ0v) is 16.6. The van der Waals surface area contributed by atoms with Gasteiger partial charge in [-0.25, -0.2) is 19.9 Å². The highest BCUT2D eigenvalue weighted by Gasteiger charge is 2.13. The summed E-state index contributed by atoms with van der Waals surface area (Å²) in [5.74, 6) is 1.75. The largest absolute Gasteiger partial charge is 0.454 e. The molecule has 1 aromatic carbocycles. The molecular weight excluding hydrogens is 420 g/mol. The van der Waals surface area contributed by atoms with E-state index in [1.165, 1.54) is 11.8 Å². The van der Waals surface area contributed by atoms with Gasteiger partial charge in [0.2, 0.25) is 12.7 Å². The molecule has 0 spiro atoms. The van der Waals surface area contributed by atoms with E-state index in [9.17, 15) is 0 Å². The van der Waals surface area contributed by atoms with Crippen LogP contribution >= 0.6 is 35.6 Å². The lowest BCUT2D eigenvalue weighted by Crippen LogP contribution is -2.28. The summed E-state index contributed by atoms with van der Waals surface area (Å²) >= 11 is 12.7. The van der Waals surface area contributed by atoms with Crippen LogP contribution in [0.3, 0.4) is 0 Å². The minimum atomic E-state index is 0.243. The Bertz CT molecular complexity index is 1010. The van der Waals surface area contributed by atoms with Gasteiger partial charge in [-0.2, -0.15) is 0 Å². The number of rotatable bonds is 5. The van der Waals surface area contributed by atoms with Gasteiger partial charge < -0.3 is 20.1 Å². The molecule has 4 rings (SSSR count). The van der Waals surface area contributed by atoms with Gasteiger partial charge >= 0.3 is 0 Å². The summed E-state index contributed by atoms with van der Waals surface area (Å²) in [5, 5.41) is 7.85. The average Bonchev–Trinajstić information content (AvgIpc) is 3.14. The Morgan fingerprint density at radius 1 is 1.14 bits per heavy atom. The van der Waals surface area contributed by atoms with E-state index in [1.807, 2.05) is 18.2 Å². The number of ether oxygens (including phenoxy) is 2. The molecule has 11 heteroatoms. The van der Waals surface area contributed by atoms with Gasteiger partial charge in [-0.1, -0.05) is 17.7 Å². The van der Waals surface area contributed by atoms with Crippen LogP contribution in [0.25, 0.3) is 0 Å². The van der Waals surface area contributed by atoms with Gasteiger partial charge in [-0.15, -0.1) is 0 Å². The molecule has 0 saturated carbocycles. The lowest BCUT2D eigenvalue weighted by Gasteiger charge is -2.10. The van der Waals surface area contributed by atoms with Crippen molar-refractivity contribution in [1.82, 2.24) is 25.3 Å². The molecule has 142 valence electrons. The molecule has 0 amide bonds. The second-order valence-electron chi connectivity index (χ2n) is 5.48. The Balaban J connectivity index is 1.37. The highest BCUT2D eigenvalue weighted by Crippen LogP contribution is 2.32. The van der Waals surface area contributed by atoms with Crippen LogP contribution in [0.2, 0.25) is 5.15 Å². The summed E-state index contributed by atoms with van der Waals surface area (Å²) < 4.78 is 10.7. The van der Waals surface area contributed by atoms with Crippen molar-refractivity contribution in [3.8, 4) is 11.5 Å². The molecule has 2 aromatic heterocycles. The van der Waals surface area contributed by atoms with E-state index in [0.29, 0.717) is 21.8 Å². The van der Waals surface area contributed by atoms with Crippen LogP contribution in [0.5, 0.6) is 11.5 Å². The minimum Gasteiger partial charge on any atom is -0.454 e. The molecule has 0 unspecified atom stereocenters. The lowest BCUT2D eigenvalue weighted by atomic mass is 10.2. The molecule has 3 heterocycles. The van der Waals surface area contributed by atoms with Crippen LogP contribution in [-0.2, 0) is 6.54 Å². The van der Waals surface area contributed by atoms with Gasteiger partial charge in [0.1, 0.15) is 10.2 Å². The molecule has 0 aliphatic carbocycles. The maximum absolute atomic E-state index is 6.09. The topological polar surface area (TPSA) is 94.1 Å². The van der Waals surface area contributed by atoms with Gasteiger partial charge in [0, 0.05) is 25.0 Å². The Morgan fingerprint density at radius 3 is 2.82 bits per heavy atom. The van der Waals surface area contributed by atoms with E-state index >= 15 is 0 Å². The van der Waals surface area contributed by atoms with Crippen LogP contribution in [0.4, 0.5) is 5.95 Å². The van der Waals surface area contributed by atoms with Crippen LogP contribution in [-0.4, -0.2) is 31.8 Å². The van der Waals surface area contributed by atoms with Gasteiger partial charge in [-0.05, 0) is 47.7 Å². The normalized spacial score (nSPS) is 11.9. The number of benzene rings is 1. The fourth-order valence-corrected chi connectivity index (χ4v) is 3.44. The predicted molar refractivity (Wildman–Crippen MR) is 109 cm³/mol. The Morgan fingerprint density at radius 2 is 1.96 bits per heavy atom. The summed E-state index contributed by atoms with van der Waals surface area (Å²) in [6.45, 7) is 0.745. The summed E-state index contributed by atoms with van der Waals surface area (Å²) in [7, 11) is 0. The first-order valence-corrected chi connectivity index (χ1v) is 9.69. The smallest absolute Gasteiger partial charge is 0.231 e. The van der Waals surface area contributed by atoms with Gasteiger partial charge in [0.15, 0.2) is 21.8 Å². The lowest BCUT2D eigenvalue weighted by molar-refractivity contribution is 0.174. The zero-order valence-electron chi connectivity index (χ0n) is 14.3. The Hall–Kier alpha value is -2.69. The summed E-state index contributed by atoms with van der Waals surface area (Å²) in [6, 6.07) is 9.09. The first kappa shape index (κ1) is 18.7.